The molecule has 0 unspecified atom stereocenters. The molecule has 0 aliphatic carbocycles. The third kappa shape index (κ3) is 2.48. The molecule has 1 heterocycles. The van der Waals surface area contributed by atoms with Crippen molar-refractivity contribution in [2.45, 2.75) is 20.8 Å². The van der Waals surface area contributed by atoms with Gasteiger partial charge < -0.3 is 4.90 Å². The lowest BCUT2D eigenvalue weighted by atomic mass is 10.2. The summed E-state index contributed by atoms with van der Waals surface area (Å²) in [5.41, 5.74) is 1.12. The van der Waals surface area contributed by atoms with Gasteiger partial charge in [-0.05, 0) is 12.8 Å². The lowest BCUT2D eigenvalue weighted by Crippen LogP contribution is -2.22. The number of thiazole rings is 1. The Morgan fingerprint density at radius 3 is 2.67 bits per heavy atom. The predicted octanol–water partition coefficient (Wildman–Crippen LogP) is 2.54. The van der Waals surface area contributed by atoms with Gasteiger partial charge >= 0.3 is 0 Å². The fourth-order valence-corrected chi connectivity index (χ4v) is 1.92. The van der Waals surface area contributed by atoms with Crippen molar-refractivity contribution in [1.29, 1.82) is 0 Å². The Morgan fingerprint density at radius 1 is 1.58 bits per heavy atom. The van der Waals surface area contributed by atoms with Gasteiger partial charge in [-0.1, -0.05) is 13.8 Å². The van der Waals surface area contributed by atoms with Crippen molar-refractivity contribution < 1.29 is 0 Å². The first-order valence-electron chi connectivity index (χ1n) is 4.23. The summed E-state index contributed by atoms with van der Waals surface area (Å²) in [4.78, 5) is 6.62. The smallest absolute Gasteiger partial charge is 0.185 e. The molecule has 0 N–H and O–H groups in total. The van der Waals surface area contributed by atoms with Gasteiger partial charge in [0, 0.05) is 19.0 Å². The van der Waals surface area contributed by atoms with E-state index in [1.807, 2.05) is 6.92 Å². The Bertz CT molecular complexity index is 242. The van der Waals surface area contributed by atoms with Gasteiger partial charge in [-0.2, -0.15) is 0 Å². The lowest BCUT2D eigenvalue weighted by molar-refractivity contribution is 0.637. The predicted molar refractivity (Wildman–Crippen MR) is 55.0 cm³/mol. The zero-order valence-corrected chi connectivity index (χ0v) is 8.98. The Balaban J connectivity index is 2.58. The highest BCUT2D eigenvalue weighted by Crippen LogP contribution is 2.19. The Kier molecular flexibility index (Phi) is 3.09. The van der Waals surface area contributed by atoms with Crippen molar-refractivity contribution in [3.05, 3.63) is 11.1 Å². The number of hydrogen-bond donors (Lipinski definition) is 0. The zero-order chi connectivity index (χ0) is 9.14. The Labute approximate surface area is 78.2 Å². The molecule has 0 fully saturated rings. The van der Waals surface area contributed by atoms with E-state index < -0.39 is 0 Å². The monoisotopic (exact) mass is 184 g/mol. The number of nitrogens with zero attached hydrogens (tertiary/aromatic N) is 2. The lowest BCUT2D eigenvalue weighted by Gasteiger charge is -2.17. The molecule has 0 amide bonds. The third-order valence-corrected chi connectivity index (χ3v) is 2.65. The second-order valence-electron chi connectivity index (χ2n) is 3.55. The minimum absolute atomic E-state index is 0.694. The van der Waals surface area contributed by atoms with Gasteiger partial charge in [0.15, 0.2) is 5.13 Å². The molecule has 0 aromatic carbocycles. The first-order valence-corrected chi connectivity index (χ1v) is 5.11. The summed E-state index contributed by atoms with van der Waals surface area (Å²) in [5.74, 6) is 0.694. The van der Waals surface area contributed by atoms with Crippen molar-refractivity contribution in [2.75, 3.05) is 18.5 Å². The van der Waals surface area contributed by atoms with E-state index in [1.165, 1.54) is 0 Å². The average Bonchev–Trinajstić information content (AvgIpc) is 2.34. The van der Waals surface area contributed by atoms with Gasteiger partial charge in [-0.3, -0.25) is 0 Å². The van der Waals surface area contributed by atoms with Crippen LogP contribution in [0.15, 0.2) is 5.38 Å². The second-order valence-corrected chi connectivity index (χ2v) is 4.38. The summed E-state index contributed by atoms with van der Waals surface area (Å²) in [6.45, 7) is 7.55. The maximum atomic E-state index is 4.41. The van der Waals surface area contributed by atoms with Crippen molar-refractivity contribution in [3.8, 4) is 0 Å². The molecule has 1 rings (SSSR count). The van der Waals surface area contributed by atoms with Crippen LogP contribution in [0, 0.1) is 12.8 Å². The molecule has 1 aromatic rings. The van der Waals surface area contributed by atoms with Crippen molar-refractivity contribution in [1.82, 2.24) is 4.98 Å². The van der Waals surface area contributed by atoms with Gasteiger partial charge in [-0.15, -0.1) is 11.3 Å². The summed E-state index contributed by atoms with van der Waals surface area (Å²) in [6.07, 6.45) is 0. The van der Waals surface area contributed by atoms with Crippen LogP contribution in [-0.2, 0) is 0 Å². The molecule has 0 radical (unpaired) electrons. The summed E-state index contributed by atoms with van der Waals surface area (Å²) >= 11 is 1.71. The highest BCUT2D eigenvalue weighted by atomic mass is 32.1. The molecule has 2 nitrogen and oxygen atoms in total. The molecule has 0 saturated heterocycles. The van der Waals surface area contributed by atoms with Crippen LogP contribution in [0.2, 0.25) is 0 Å². The van der Waals surface area contributed by atoms with E-state index in [9.17, 15) is 0 Å². The van der Waals surface area contributed by atoms with Crippen LogP contribution in [0.25, 0.3) is 0 Å². The molecule has 0 spiro atoms. The van der Waals surface area contributed by atoms with E-state index in [4.69, 9.17) is 0 Å². The SMILES string of the molecule is Cc1csc(N(C)CC(C)C)n1. The maximum absolute atomic E-state index is 4.41. The van der Waals surface area contributed by atoms with E-state index in [1.54, 1.807) is 11.3 Å². The Hall–Kier alpha value is -0.570. The normalized spacial score (nSPS) is 10.8. The molecular weight excluding hydrogens is 168 g/mol. The van der Waals surface area contributed by atoms with Gasteiger partial charge in [-0.25, -0.2) is 4.98 Å². The van der Waals surface area contributed by atoms with Gasteiger partial charge in [0.25, 0.3) is 0 Å². The number of anilines is 1. The molecule has 12 heavy (non-hydrogen) atoms. The molecule has 68 valence electrons. The van der Waals surface area contributed by atoms with Gasteiger partial charge in [0.2, 0.25) is 0 Å². The summed E-state index contributed by atoms with van der Waals surface area (Å²) in [7, 11) is 2.10. The molecule has 1 aromatic heterocycles. The second kappa shape index (κ2) is 3.90. The minimum atomic E-state index is 0.694. The van der Waals surface area contributed by atoms with E-state index in [2.05, 4.69) is 36.2 Å². The standard InChI is InChI=1S/C9H16N2S/c1-7(2)5-11(4)9-10-8(3)6-12-9/h6-7H,5H2,1-4H3. The molecule has 0 aliphatic rings. The summed E-state index contributed by atoms with van der Waals surface area (Å²) in [5, 5.41) is 3.22. The van der Waals surface area contributed by atoms with Crippen LogP contribution in [0.3, 0.4) is 0 Å². The van der Waals surface area contributed by atoms with E-state index in [0.717, 1.165) is 17.4 Å². The molecule has 0 saturated carbocycles. The highest BCUT2D eigenvalue weighted by Gasteiger charge is 2.05. The van der Waals surface area contributed by atoms with Gasteiger partial charge in [0.05, 0.1) is 5.69 Å². The first kappa shape index (κ1) is 9.52. The number of aromatic nitrogens is 1. The largest absolute Gasteiger partial charge is 0.351 e. The summed E-state index contributed by atoms with van der Waals surface area (Å²) < 4.78 is 0. The zero-order valence-electron chi connectivity index (χ0n) is 8.16. The third-order valence-electron chi connectivity index (χ3n) is 1.57. The van der Waals surface area contributed by atoms with Crippen molar-refractivity contribution in [3.63, 3.8) is 0 Å². The fourth-order valence-electron chi connectivity index (χ4n) is 1.14. The van der Waals surface area contributed by atoms with Crippen LogP contribution in [0.1, 0.15) is 19.5 Å². The molecule has 3 heteroatoms. The first-order chi connectivity index (χ1) is 5.59. The molecular formula is C9H16N2S. The van der Waals surface area contributed by atoms with Crippen LogP contribution in [0.5, 0.6) is 0 Å². The van der Waals surface area contributed by atoms with Crippen LogP contribution < -0.4 is 4.90 Å². The quantitative estimate of drug-likeness (QED) is 0.717. The minimum Gasteiger partial charge on any atom is -0.351 e. The van der Waals surface area contributed by atoms with Gasteiger partial charge in [0.1, 0.15) is 0 Å². The highest BCUT2D eigenvalue weighted by molar-refractivity contribution is 7.13. The van der Waals surface area contributed by atoms with Crippen molar-refractivity contribution >= 4 is 16.5 Å². The van der Waals surface area contributed by atoms with E-state index >= 15 is 0 Å². The molecule has 0 aliphatic heterocycles. The van der Waals surface area contributed by atoms with Crippen LogP contribution in [0.4, 0.5) is 5.13 Å². The molecule has 0 bridgehead atoms. The van der Waals surface area contributed by atoms with E-state index in [0.29, 0.717) is 5.92 Å². The topological polar surface area (TPSA) is 16.1 Å². The van der Waals surface area contributed by atoms with E-state index in [-0.39, 0.29) is 0 Å². The number of aryl methyl sites for hydroxylation is 1. The fraction of sp³-hybridized carbons (Fsp3) is 0.667. The average molecular weight is 184 g/mol. The maximum Gasteiger partial charge on any atom is 0.185 e. The number of rotatable bonds is 3. The van der Waals surface area contributed by atoms with Crippen LogP contribution in [-0.4, -0.2) is 18.6 Å². The van der Waals surface area contributed by atoms with Crippen LogP contribution >= 0.6 is 11.3 Å². The summed E-state index contributed by atoms with van der Waals surface area (Å²) in [6, 6.07) is 0. The van der Waals surface area contributed by atoms with Crippen molar-refractivity contribution in [2.24, 2.45) is 5.92 Å². The molecule has 0 atom stereocenters. The Morgan fingerprint density at radius 2 is 2.25 bits per heavy atom. The number of hydrogen-bond acceptors (Lipinski definition) is 3.